The van der Waals surface area contributed by atoms with Crippen LogP contribution in [0.1, 0.15) is 11.3 Å². The lowest BCUT2D eigenvalue weighted by Gasteiger charge is -2.08. The highest BCUT2D eigenvalue weighted by atomic mass is 79.9. The number of benzene rings is 1. The summed E-state index contributed by atoms with van der Waals surface area (Å²) >= 11 is 9.49. The summed E-state index contributed by atoms with van der Waals surface area (Å²) in [6, 6.07) is 9.76. The molecule has 0 aliphatic heterocycles. The van der Waals surface area contributed by atoms with Gasteiger partial charge in [-0.2, -0.15) is 0 Å². The summed E-state index contributed by atoms with van der Waals surface area (Å²) in [4.78, 5) is 4.42. The number of nitrogens with one attached hydrogen (secondary N) is 1. The van der Waals surface area contributed by atoms with Gasteiger partial charge < -0.3 is 5.32 Å². The first-order chi connectivity index (χ1) is 8.06. The lowest BCUT2D eigenvalue weighted by atomic mass is 10.2. The van der Waals surface area contributed by atoms with Gasteiger partial charge in [0.15, 0.2) is 0 Å². The first-order valence-electron chi connectivity index (χ1n) is 5.22. The van der Waals surface area contributed by atoms with Crippen LogP contribution in [0.15, 0.2) is 34.8 Å². The summed E-state index contributed by atoms with van der Waals surface area (Å²) in [6.45, 7) is 3.94. The third-order valence-corrected chi connectivity index (χ3v) is 3.71. The third kappa shape index (κ3) is 2.99. The van der Waals surface area contributed by atoms with E-state index in [1.807, 2.05) is 44.2 Å². The van der Waals surface area contributed by atoms with Crippen molar-refractivity contribution in [1.29, 1.82) is 0 Å². The molecule has 0 radical (unpaired) electrons. The average Bonchev–Trinajstić information content (AvgIpc) is 2.29. The van der Waals surface area contributed by atoms with Crippen LogP contribution in [0.2, 0.25) is 5.02 Å². The molecule has 17 heavy (non-hydrogen) atoms. The second-order valence-corrected chi connectivity index (χ2v) is 5.11. The summed E-state index contributed by atoms with van der Waals surface area (Å²) < 4.78 is 1.00. The van der Waals surface area contributed by atoms with Crippen molar-refractivity contribution in [3.8, 4) is 0 Å². The summed E-state index contributed by atoms with van der Waals surface area (Å²) in [7, 11) is 0. The first kappa shape index (κ1) is 12.4. The summed E-state index contributed by atoms with van der Waals surface area (Å²) in [5, 5.41) is 3.98. The number of hydrogen-bond donors (Lipinski definition) is 1. The van der Waals surface area contributed by atoms with Crippen LogP contribution in [0.5, 0.6) is 0 Å². The number of halogens is 2. The Balaban J connectivity index is 2.25. The topological polar surface area (TPSA) is 24.9 Å². The van der Waals surface area contributed by atoms with Crippen molar-refractivity contribution in [3.05, 3.63) is 51.1 Å². The van der Waals surface area contributed by atoms with E-state index in [0.717, 1.165) is 32.3 Å². The highest BCUT2D eigenvalue weighted by Gasteiger charge is 2.01. The molecular weight excluding hydrogens is 300 g/mol. The molecule has 0 aliphatic carbocycles. The number of hydrogen-bond acceptors (Lipinski definition) is 2. The molecule has 0 bridgehead atoms. The van der Waals surface area contributed by atoms with Crippen molar-refractivity contribution in [2.45, 2.75) is 13.8 Å². The second-order valence-electron chi connectivity index (χ2n) is 3.85. The number of nitrogens with zero attached hydrogens (tertiary/aromatic N) is 1. The molecular formula is C13H12BrClN2. The molecule has 0 fully saturated rings. The van der Waals surface area contributed by atoms with Crippen LogP contribution in [-0.2, 0) is 0 Å². The number of aromatic nitrogens is 1. The predicted molar refractivity (Wildman–Crippen MR) is 76.1 cm³/mol. The van der Waals surface area contributed by atoms with Gasteiger partial charge >= 0.3 is 0 Å². The molecule has 4 heteroatoms. The van der Waals surface area contributed by atoms with Crippen molar-refractivity contribution in [2.24, 2.45) is 0 Å². The fourth-order valence-electron chi connectivity index (χ4n) is 1.43. The maximum Gasteiger partial charge on any atom is 0.130 e. The molecule has 1 aromatic heterocycles. The van der Waals surface area contributed by atoms with E-state index in [1.165, 1.54) is 0 Å². The SMILES string of the molecule is Cc1ccc(Nc2ccc(Br)c(C)n2)cc1Cl. The van der Waals surface area contributed by atoms with Gasteiger partial charge in [0.25, 0.3) is 0 Å². The minimum Gasteiger partial charge on any atom is -0.340 e. The van der Waals surface area contributed by atoms with Crippen LogP contribution in [0, 0.1) is 13.8 Å². The van der Waals surface area contributed by atoms with Gasteiger partial charge in [0, 0.05) is 15.2 Å². The molecule has 2 aromatic rings. The highest BCUT2D eigenvalue weighted by molar-refractivity contribution is 9.10. The second kappa shape index (κ2) is 5.07. The molecule has 0 aliphatic rings. The van der Waals surface area contributed by atoms with Crippen LogP contribution >= 0.6 is 27.5 Å². The number of rotatable bonds is 2. The zero-order valence-electron chi connectivity index (χ0n) is 9.59. The van der Waals surface area contributed by atoms with E-state index in [-0.39, 0.29) is 0 Å². The maximum absolute atomic E-state index is 6.07. The lowest BCUT2D eigenvalue weighted by molar-refractivity contribution is 1.18. The molecule has 2 rings (SSSR count). The molecule has 88 valence electrons. The highest BCUT2D eigenvalue weighted by Crippen LogP contribution is 2.23. The molecule has 1 N–H and O–H groups in total. The van der Waals surface area contributed by atoms with Crippen molar-refractivity contribution >= 4 is 39.0 Å². The van der Waals surface area contributed by atoms with Gasteiger partial charge in [0.05, 0.1) is 5.69 Å². The summed E-state index contributed by atoms with van der Waals surface area (Å²) in [6.07, 6.45) is 0. The van der Waals surface area contributed by atoms with E-state index >= 15 is 0 Å². The fraction of sp³-hybridized carbons (Fsp3) is 0.154. The Hall–Kier alpha value is -1.06. The molecule has 0 atom stereocenters. The Labute approximate surface area is 114 Å². The Morgan fingerprint density at radius 3 is 2.59 bits per heavy atom. The maximum atomic E-state index is 6.07. The third-order valence-electron chi connectivity index (χ3n) is 2.47. The summed E-state index contributed by atoms with van der Waals surface area (Å²) in [5.74, 6) is 0.811. The van der Waals surface area contributed by atoms with Crippen LogP contribution in [0.3, 0.4) is 0 Å². The zero-order valence-corrected chi connectivity index (χ0v) is 11.9. The largest absolute Gasteiger partial charge is 0.340 e. The smallest absolute Gasteiger partial charge is 0.130 e. The van der Waals surface area contributed by atoms with Crippen LogP contribution in [-0.4, -0.2) is 4.98 Å². The predicted octanol–water partition coefficient (Wildman–Crippen LogP) is 4.86. The van der Waals surface area contributed by atoms with E-state index in [0.29, 0.717) is 0 Å². The number of pyridine rings is 1. The van der Waals surface area contributed by atoms with Gasteiger partial charge in [0.2, 0.25) is 0 Å². The van der Waals surface area contributed by atoms with Gasteiger partial charge in [-0.3, -0.25) is 0 Å². The number of anilines is 2. The Morgan fingerprint density at radius 1 is 1.18 bits per heavy atom. The molecule has 0 saturated carbocycles. The van der Waals surface area contributed by atoms with E-state index < -0.39 is 0 Å². The van der Waals surface area contributed by atoms with Crippen LogP contribution < -0.4 is 5.32 Å². The van der Waals surface area contributed by atoms with Gasteiger partial charge in [-0.15, -0.1) is 0 Å². The molecule has 1 heterocycles. The average molecular weight is 312 g/mol. The molecule has 2 nitrogen and oxygen atoms in total. The minimum atomic E-state index is 0.754. The van der Waals surface area contributed by atoms with Crippen molar-refractivity contribution in [1.82, 2.24) is 4.98 Å². The molecule has 0 spiro atoms. The van der Waals surface area contributed by atoms with Crippen molar-refractivity contribution in [2.75, 3.05) is 5.32 Å². The summed E-state index contributed by atoms with van der Waals surface area (Å²) in [5.41, 5.74) is 2.96. The van der Waals surface area contributed by atoms with Gasteiger partial charge in [-0.05, 0) is 59.6 Å². The fourth-order valence-corrected chi connectivity index (χ4v) is 1.83. The van der Waals surface area contributed by atoms with Crippen molar-refractivity contribution < 1.29 is 0 Å². The van der Waals surface area contributed by atoms with E-state index in [9.17, 15) is 0 Å². The Kier molecular flexibility index (Phi) is 3.69. The van der Waals surface area contributed by atoms with Gasteiger partial charge in [-0.25, -0.2) is 4.98 Å². The zero-order chi connectivity index (χ0) is 12.4. The number of aryl methyl sites for hydroxylation is 2. The van der Waals surface area contributed by atoms with Crippen LogP contribution in [0.25, 0.3) is 0 Å². The quantitative estimate of drug-likeness (QED) is 0.857. The van der Waals surface area contributed by atoms with Crippen LogP contribution in [0.4, 0.5) is 11.5 Å². The monoisotopic (exact) mass is 310 g/mol. The molecule has 0 unspecified atom stereocenters. The molecule has 0 saturated heterocycles. The minimum absolute atomic E-state index is 0.754. The van der Waals surface area contributed by atoms with E-state index in [4.69, 9.17) is 11.6 Å². The lowest BCUT2D eigenvalue weighted by Crippen LogP contribution is -1.95. The Morgan fingerprint density at radius 2 is 1.94 bits per heavy atom. The Bertz CT molecular complexity index is 506. The van der Waals surface area contributed by atoms with E-state index in [2.05, 4.69) is 26.2 Å². The van der Waals surface area contributed by atoms with Crippen molar-refractivity contribution in [3.63, 3.8) is 0 Å². The van der Waals surface area contributed by atoms with Gasteiger partial charge in [0.1, 0.15) is 5.82 Å². The molecule has 1 aromatic carbocycles. The van der Waals surface area contributed by atoms with E-state index in [1.54, 1.807) is 0 Å². The first-order valence-corrected chi connectivity index (χ1v) is 6.39. The normalized spacial score (nSPS) is 10.4. The molecule has 0 amide bonds. The van der Waals surface area contributed by atoms with Gasteiger partial charge in [-0.1, -0.05) is 17.7 Å². The standard InChI is InChI=1S/C13H12BrClN2/c1-8-3-4-10(7-12(8)15)17-13-6-5-11(14)9(2)16-13/h3-7H,1-2H3,(H,16,17).